The Morgan fingerprint density at radius 2 is 1.96 bits per heavy atom. The SMILES string of the molecule is CC(CNC(=O)COC(=O)c1cc2c(s1)CCCC2)c1ccccc1. The standard InChI is InChI=1S/C20H23NO3S/c1-14(15-7-3-2-4-8-15)12-21-19(22)13-24-20(23)18-11-16-9-5-6-10-17(16)25-18/h2-4,7-8,11,14H,5-6,9-10,12-13H2,1H3,(H,21,22). The number of nitrogens with one attached hydrogen (secondary N) is 1. The maximum atomic E-state index is 12.1. The molecule has 1 aliphatic rings. The van der Waals surface area contributed by atoms with Gasteiger partial charge in [0.2, 0.25) is 0 Å². The molecule has 2 aromatic rings. The Kier molecular flexibility index (Phi) is 5.87. The molecule has 4 nitrogen and oxygen atoms in total. The first kappa shape index (κ1) is 17.7. The molecule has 1 aromatic heterocycles. The number of rotatable bonds is 6. The molecule has 1 aromatic carbocycles. The third-order valence-electron chi connectivity index (χ3n) is 4.51. The van der Waals surface area contributed by atoms with Gasteiger partial charge in [0.1, 0.15) is 4.88 Å². The minimum atomic E-state index is -0.398. The Labute approximate surface area is 152 Å². The third-order valence-corrected chi connectivity index (χ3v) is 5.72. The van der Waals surface area contributed by atoms with Crippen LogP contribution in [0.25, 0.3) is 0 Å². The van der Waals surface area contributed by atoms with Crippen molar-refractivity contribution in [3.63, 3.8) is 0 Å². The second kappa shape index (κ2) is 8.30. The molecule has 3 rings (SSSR count). The van der Waals surface area contributed by atoms with Gasteiger partial charge in [-0.25, -0.2) is 4.79 Å². The highest BCUT2D eigenvalue weighted by molar-refractivity contribution is 7.14. The highest BCUT2D eigenvalue weighted by atomic mass is 32.1. The second-order valence-corrected chi connectivity index (χ2v) is 7.59. The number of ether oxygens (including phenoxy) is 1. The predicted octanol–water partition coefficient (Wildman–Crippen LogP) is 3.70. The van der Waals surface area contributed by atoms with Crippen molar-refractivity contribution in [3.05, 3.63) is 57.3 Å². The number of carbonyl (C=O) groups excluding carboxylic acids is 2. The Morgan fingerprint density at radius 3 is 2.72 bits per heavy atom. The Morgan fingerprint density at radius 1 is 1.20 bits per heavy atom. The van der Waals surface area contributed by atoms with Gasteiger partial charge in [0.15, 0.2) is 6.61 Å². The molecule has 1 atom stereocenters. The lowest BCUT2D eigenvalue weighted by molar-refractivity contribution is -0.124. The molecule has 0 spiro atoms. The van der Waals surface area contributed by atoms with Crippen molar-refractivity contribution >= 4 is 23.2 Å². The highest BCUT2D eigenvalue weighted by Gasteiger charge is 2.19. The van der Waals surface area contributed by atoms with E-state index in [1.54, 1.807) is 0 Å². The Hall–Kier alpha value is -2.14. The summed E-state index contributed by atoms with van der Waals surface area (Å²) in [4.78, 5) is 26.0. The maximum absolute atomic E-state index is 12.1. The smallest absolute Gasteiger partial charge is 0.348 e. The van der Waals surface area contributed by atoms with Crippen LogP contribution in [0.15, 0.2) is 36.4 Å². The summed E-state index contributed by atoms with van der Waals surface area (Å²) in [6.07, 6.45) is 4.45. The fourth-order valence-corrected chi connectivity index (χ4v) is 4.16. The van der Waals surface area contributed by atoms with Crippen LogP contribution in [0, 0.1) is 0 Å². The first-order valence-electron chi connectivity index (χ1n) is 8.74. The van der Waals surface area contributed by atoms with E-state index in [4.69, 9.17) is 4.74 Å². The lowest BCUT2D eigenvalue weighted by Gasteiger charge is -2.13. The first-order chi connectivity index (χ1) is 12.1. The van der Waals surface area contributed by atoms with E-state index in [1.165, 1.54) is 40.2 Å². The number of benzene rings is 1. The van der Waals surface area contributed by atoms with Crippen molar-refractivity contribution in [2.45, 2.75) is 38.5 Å². The molecule has 0 fully saturated rings. The van der Waals surface area contributed by atoms with E-state index >= 15 is 0 Å². The molecule has 5 heteroatoms. The molecule has 1 N–H and O–H groups in total. The molecule has 1 heterocycles. The molecular formula is C20H23NO3S. The van der Waals surface area contributed by atoms with Crippen molar-refractivity contribution in [1.82, 2.24) is 5.32 Å². The predicted molar refractivity (Wildman–Crippen MR) is 99.1 cm³/mol. The van der Waals surface area contributed by atoms with Gasteiger partial charge < -0.3 is 10.1 Å². The fourth-order valence-electron chi connectivity index (χ4n) is 3.01. The monoisotopic (exact) mass is 357 g/mol. The number of hydrogen-bond acceptors (Lipinski definition) is 4. The van der Waals surface area contributed by atoms with Crippen molar-refractivity contribution in [1.29, 1.82) is 0 Å². The van der Waals surface area contributed by atoms with Crippen LogP contribution >= 0.6 is 11.3 Å². The van der Waals surface area contributed by atoms with Crippen molar-refractivity contribution in [2.24, 2.45) is 0 Å². The van der Waals surface area contributed by atoms with Crippen LogP contribution in [0.3, 0.4) is 0 Å². The largest absolute Gasteiger partial charge is 0.451 e. The molecule has 1 unspecified atom stereocenters. The summed E-state index contributed by atoms with van der Waals surface area (Å²) in [6.45, 7) is 2.34. The summed E-state index contributed by atoms with van der Waals surface area (Å²) in [6, 6.07) is 11.9. The average Bonchev–Trinajstić information content (AvgIpc) is 3.09. The zero-order valence-corrected chi connectivity index (χ0v) is 15.2. The lowest BCUT2D eigenvalue weighted by Crippen LogP contribution is -2.31. The van der Waals surface area contributed by atoms with Crippen LogP contribution in [0.1, 0.15) is 51.4 Å². The molecule has 0 bridgehead atoms. The van der Waals surface area contributed by atoms with Gasteiger partial charge in [-0.15, -0.1) is 11.3 Å². The average molecular weight is 357 g/mol. The van der Waals surface area contributed by atoms with Crippen LogP contribution in [0.4, 0.5) is 0 Å². The van der Waals surface area contributed by atoms with Gasteiger partial charge >= 0.3 is 5.97 Å². The van der Waals surface area contributed by atoms with Gasteiger partial charge in [-0.3, -0.25) is 4.79 Å². The molecular weight excluding hydrogens is 334 g/mol. The maximum Gasteiger partial charge on any atom is 0.348 e. The summed E-state index contributed by atoms with van der Waals surface area (Å²) in [5.74, 6) is -0.451. The first-order valence-corrected chi connectivity index (χ1v) is 9.55. The van der Waals surface area contributed by atoms with E-state index in [-0.39, 0.29) is 18.4 Å². The second-order valence-electron chi connectivity index (χ2n) is 6.46. The van der Waals surface area contributed by atoms with Crippen LogP contribution in [-0.4, -0.2) is 25.0 Å². The molecule has 0 saturated carbocycles. The summed E-state index contributed by atoms with van der Waals surface area (Å²) in [5, 5.41) is 2.82. The van der Waals surface area contributed by atoms with Gasteiger partial charge in [-0.2, -0.15) is 0 Å². The topological polar surface area (TPSA) is 55.4 Å². The van der Waals surface area contributed by atoms with Gasteiger partial charge in [-0.05, 0) is 48.8 Å². The van der Waals surface area contributed by atoms with E-state index < -0.39 is 5.97 Å². The fraction of sp³-hybridized carbons (Fsp3) is 0.400. The zero-order valence-electron chi connectivity index (χ0n) is 14.4. The van der Waals surface area contributed by atoms with Crippen LogP contribution in [-0.2, 0) is 22.4 Å². The Bertz CT molecular complexity index is 715. The molecule has 0 aliphatic heterocycles. The van der Waals surface area contributed by atoms with Gasteiger partial charge in [0.25, 0.3) is 5.91 Å². The minimum absolute atomic E-state index is 0.213. The number of aryl methyl sites for hydroxylation is 2. The van der Waals surface area contributed by atoms with E-state index in [1.807, 2.05) is 36.4 Å². The van der Waals surface area contributed by atoms with Crippen molar-refractivity contribution in [2.75, 3.05) is 13.2 Å². The molecule has 0 radical (unpaired) electrons. The van der Waals surface area contributed by atoms with Crippen molar-refractivity contribution < 1.29 is 14.3 Å². The molecule has 132 valence electrons. The van der Waals surface area contributed by atoms with Gasteiger partial charge in [-0.1, -0.05) is 37.3 Å². The summed E-state index contributed by atoms with van der Waals surface area (Å²) >= 11 is 1.50. The highest BCUT2D eigenvalue weighted by Crippen LogP contribution is 2.29. The van der Waals surface area contributed by atoms with Gasteiger partial charge in [0.05, 0.1) is 0 Å². The normalized spacial score (nSPS) is 14.4. The number of hydrogen-bond donors (Lipinski definition) is 1. The molecule has 1 amide bonds. The van der Waals surface area contributed by atoms with Crippen molar-refractivity contribution in [3.8, 4) is 0 Å². The summed E-state index contributed by atoms with van der Waals surface area (Å²) in [5.41, 5.74) is 2.44. The van der Waals surface area contributed by atoms with Crippen LogP contribution in [0.5, 0.6) is 0 Å². The van der Waals surface area contributed by atoms with E-state index in [9.17, 15) is 9.59 Å². The molecule has 0 saturated heterocycles. The van der Waals surface area contributed by atoms with Crippen LogP contribution < -0.4 is 5.32 Å². The van der Waals surface area contributed by atoms with Gasteiger partial charge in [0, 0.05) is 11.4 Å². The summed E-state index contributed by atoms with van der Waals surface area (Å²) < 4.78 is 5.17. The number of carbonyl (C=O) groups is 2. The molecule has 1 aliphatic carbocycles. The molecule has 25 heavy (non-hydrogen) atoms. The summed E-state index contributed by atoms with van der Waals surface area (Å²) in [7, 11) is 0. The number of esters is 1. The van der Waals surface area contributed by atoms with E-state index in [0.29, 0.717) is 11.4 Å². The van der Waals surface area contributed by atoms with Crippen LogP contribution in [0.2, 0.25) is 0 Å². The zero-order chi connectivity index (χ0) is 17.6. The quantitative estimate of drug-likeness (QED) is 0.802. The number of amides is 1. The lowest BCUT2D eigenvalue weighted by atomic mass is 9.99. The minimum Gasteiger partial charge on any atom is -0.451 e. The Balaban J connectivity index is 1.44. The van der Waals surface area contributed by atoms with E-state index in [0.717, 1.165) is 12.8 Å². The van der Waals surface area contributed by atoms with E-state index in [2.05, 4.69) is 12.2 Å². The number of fused-ring (bicyclic) bond motifs is 1. The number of thiophene rings is 1. The third kappa shape index (κ3) is 4.69.